The SMILES string of the molecule is c1ccc(-c2cccc(-c3nc(-c4cccc(-c5cccnc5)c4)nc(-c4cc(-c5ccc6oc7ccccc7c6c5)cc(-c5ccc6oc7ccccc7c6c5)c4)n3)c2)cc1. The minimum absolute atomic E-state index is 0.565. The monoisotopic (exact) mass is 794 g/mol. The number of aromatic nitrogens is 4. The molecule has 6 nitrogen and oxygen atoms in total. The molecule has 12 aromatic rings. The Balaban J connectivity index is 1.08. The van der Waals surface area contributed by atoms with Crippen LogP contribution in [-0.4, -0.2) is 19.9 Å². The Labute approximate surface area is 356 Å². The van der Waals surface area contributed by atoms with Crippen molar-refractivity contribution >= 4 is 43.9 Å². The molecule has 0 amide bonds. The van der Waals surface area contributed by atoms with Gasteiger partial charge in [-0.3, -0.25) is 4.98 Å². The predicted octanol–water partition coefficient (Wildman–Crippen LogP) is 14.7. The van der Waals surface area contributed by atoms with E-state index in [0.717, 1.165) is 105 Å². The second kappa shape index (κ2) is 14.7. The summed E-state index contributed by atoms with van der Waals surface area (Å²) in [5.74, 6) is 1.72. The summed E-state index contributed by atoms with van der Waals surface area (Å²) in [4.78, 5) is 20.1. The van der Waals surface area contributed by atoms with Crippen molar-refractivity contribution in [3.8, 4) is 78.7 Å². The van der Waals surface area contributed by atoms with Crippen LogP contribution in [0.1, 0.15) is 0 Å². The molecule has 0 aliphatic heterocycles. The van der Waals surface area contributed by atoms with Gasteiger partial charge in [0.25, 0.3) is 0 Å². The Bertz CT molecular complexity index is 3410. The number of nitrogens with zero attached hydrogens (tertiary/aromatic N) is 4. The Hall–Kier alpha value is -8.48. The molecule has 0 N–H and O–H groups in total. The fourth-order valence-electron chi connectivity index (χ4n) is 8.50. The maximum atomic E-state index is 6.24. The van der Waals surface area contributed by atoms with E-state index in [2.05, 4.69) is 157 Å². The first kappa shape index (κ1) is 35.5. The maximum absolute atomic E-state index is 6.24. The molecule has 0 aliphatic carbocycles. The summed E-state index contributed by atoms with van der Waals surface area (Å²) < 4.78 is 12.5. The molecule has 0 atom stereocenters. The normalized spacial score (nSPS) is 11.5. The standard InChI is InChI=1S/C56H34N4O2/c1-2-11-35(12-3-1)36-13-8-15-40(27-36)54-58-55(41-16-9-14-37(28-41)42-17-10-26-57-34-42)60-56(59-54)45-30-43(38-22-24-52-48(32-38)46-18-4-6-20-50(46)61-52)29-44(31-45)39-23-25-53-49(33-39)47-19-5-7-21-51(47)62-53/h1-34H. The highest BCUT2D eigenvalue weighted by atomic mass is 16.3. The second-order valence-electron chi connectivity index (χ2n) is 15.5. The van der Waals surface area contributed by atoms with Gasteiger partial charge in [-0.15, -0.1) is 0 Å². The van der Waals surface area contributed by atoms with Gasteiger partial charge in [0.2, 0.25) is 0 Å². The summed E-state index contributed by atoms with van der Waals surface area (Å²) in [6.45, 7) is 0. The lowest BCUT2D eigenvalue weighted by Crippen LogP contribution is -2.01. The summed E-state index contributed by atoms with van der Waals surface area (Å²) in [5, 5.41) is 4.28. The van der Waals surface area contributed by atoms with E-state index in [1.54, 1.807) is 6.20 Å². The second-order valence-corrected chi connectivity index (χ2v) is 15.5. The minimum atomic E-state index is 0.565. The van der Waals surface area contributed by atoms with Crippen LogP contribution in [0.15, 0.2) is 215 Å². The Morgan fingerprint density at radius 3 is 1.24 bits per heavy atom. The van der Waals surface area contributed by atoms with Crippen LogP contribution >= 0.6 is 0 Å². The van der Waals surface area contributed by atoms with Crippen molar-refractivity contribution < 1.29 is 8.83 Å². The zero-order chi connectivity index (χ0) is 41.0. The third-order valence-electron chi connectivity index (χ3n) is 11.6. The molecule has 0 radical (unpaired) electrons. The molecule has 4 aromatic heterocycles. The summed E-state index contributed by atoms with van der Waals surface area (Å²) in [5.41, 5.74) is 14.5. The molecule has 0 aliphatic rings. The van der Waals surface area contributed by atoms with E-state index in [9.17, 15) is 0 Å². The van der Waals surface area contributed by atoms with Gasteiger partial charge in [0.15, 0.2) is 17.5 Å². The molecule has 0 saturated carbocycles. The van der Waals surface area contributed by atoms with E-state index in [4.69, 9.17) is 23.8 Å². The molecule has 0 bridgehead atoms. The number of pyridine rings is 1. The van der Waals surface area contributed by atoms with Crippen molar-refractivity contribution in [3.63, 3.8) is 0 Å². The molecule has 0 saturated heterocycles. The molecular formula is C56H34N4O2. The summed E-state index contributed by atoms with van der Waals surface area (Å²) in [7, 11) is 0. The minimum Gasteiger partial charge on any atom is -0.456 e. The van der Waals surface area contributed by atoms with Gasteiger partial charge in [-0.25, -0.2) is 15.0 Å². The zero-order valence-electron chi connectivity index (χ0n) is 33.2. The topological polar surface area (TPSA) is 77.8 Å². The highest BCUT2D eigenvalue weighted by molar-refractivity contribution is 6.07. The lowest BCUT2D eigenvalue weighted by molar-refractivity contribution is 0.668. The molecule has 0 spiro atoms. The Morgan fingerprint density at radius 2 is 0.677 bits per heavy atom. The molecule has 0 unspecified atom stereocenters. The fourth-order valence-corrected chi connectivity index (χ4v) is 8.50. The average Bonchev–Trinajstić information content (AvgIpc) is 3.92. The first-order valence-corrected chi connectivity index (χ1v) is 20.6. The van der Waals surface area contributed by atoms with Crippen LogP contribution < -0.4 is 0 Å². The van der Waals surface area contributed by atoms with E-state index < -0.39 is 0 Å². The number of benzene rings is 8. The van der Waals surface area contributed by atoms with E-state index in [0.29, 0.717) is 17.5 Å². The van der Waals surface area contributed by atoms with Gasteiger partial charge < -0.3 is 8.83 Å². The molecule has 62 heavy (non-hydrogen) atoms. The van der Waals surface area contributed by atoms with Crippen molar-refractivity contribution in [2.45, 2.75) is 0 Å². The van der Waals surface area contributed by atoms with Crippen LogP contribution in [0.2, 0.25) is 0 Å². The van der Waals surface area contributed by atoms with E-state index >= 15 is 0 Å². The van der Waals surface area contributed by atoms with E-state index in [1.165, 1.54) is 0 Å². The van der Waals surface area contributed by atoms with Crippen LogP contribution in [0.4, 0.5) is 0 Å². The molecule has 6 heteroatoms. The number of hydrogen-bond acceptors (Lipinski definition) is 6. The maximum Gasteiger partial charge on any atom is 0.164 e. The van der Waals surface area contributed by atoms with E-state index in [1.807, 2.05) is 48.7 Å². The largest absolute Gasteiger partial charge is 0.456 e. The summed E-state index contributed by atoms with van der Waals surface area (Å²) >= 11 is 0. The van der Waals surface area contributed by atoms with Crippen molar-refractivity contribution in [1.29, 1.82) is 0 Å². The molecule has 8 aromatic carbocycles. The average molecular weight is 795 g/mol. The highest BCUT2D eigenvalue weighted by Crippen LogP contribution is 2.39. The van der Waals surface area contributed by atoms with Crippen LogP contribution in [0, 0.1) is 0 Å². The first-order valence-electron chi connectivity index (χ1n) is 20.6. The molecule has 12 rings (SSSR count). The third-order valence-corrected chi connectivity index (χ3v) is 11.6. The number of fused-ring (bicyclic) bond motifs is 6. The van der Waals surface area contributed by atoms with Crippen LogP contribution in [0.3, 0.4) is 0 Å². The van der Waals surface area contributed by atoms with Gasteiger partial charge in [-0.2, -0.15) is 0 Å². The molecule has 4 heterocycles. The number of rotatable bonds is 7. The quantitative estimate of drug-likeness (QED) is 0.160. The van der Waals surface area contributed by atoms with Crippen LogP contribution in [-0.2, 0) is 0 Å². The molecule has 0 fully saturated rings. The van der Waals surface area contributed by atoms with Gasteiger partial charge in [-0.1, -0.05) is 121 Å². The highest BCUT2D eigenvalue weighted by Gasteiger charge is 2.18. The van der Waals surface area contributed by atoms with Crippen molar-refractivity contribution in [3.05, 3.63) is 207 Å². The predicted molar refractivity (Wildman–Crippen MR) is 250 cm³/mol. The van der Waals surface area contributed by atoms with Crippen LogP contribution in [0.5, 0.6) is 0 Å². The number of para-hydroxylation sites is 2. The smallest absolute Gasteiger partial charge is 0.164 e. The van der Waals surface area contributed by atoms with Crippen molar-refractivity contribution in [2.75, 3.05) is 0 Å². The Kier molecular flexibility index (Phi) is 8.38. The van der Waals surface area contributed by atoms with Gasteiger partial charge in [0.05, 0.1) is 0 Å². The van der Waals surface area contributed by atoms with Gasteiger partial charge in [-0.05, 0) is 112 Å². The lowest BCUT2D eigenvalue weighted by Gasteiger charge is -2.13. The van der Waals surface area contributed by atoms with Gasteiger partial charge >= 0.3 is 0 Å². The third kappa shape index (κ3) is 6.38. The number of hydrogen-bond donors (Lipinski definition) is 0. The van der Waals surface area contributed by atoms with Crippen molar-refractivity contribution in [1.82, 2.24) is 19.9 Å². The summed E-state index contributed by atoms with van der Waals surface area (Å²) in [6, 6.07) is 66.9. The lowest BCUT2D eigenvalue weighted by atomic mass is 9.94. The summed E-state index contributed by atoms with van der Waals surface area (Å²) in [6.07, 6.45) is 3.66. The Morgan fingerprint density at radius 1 is 0.258 bits per heavy atom. The van der Waals surface area contributed by atoms with Gasteiger partial charge in [0.1, 0.15) is 22.3 Å². The van der Waals surface area contributed by atoms with Crippen LogP contribution in [0.25, 0.3) is 123 Å². The van der Waals surface area contributed by atoms with Crippen molar-refractivity contribution in [2.24, 2.45) is 0 Å². The molecular weight excluding hydrogens is 761 g/mol. The zero-order valence-corrected chi connectivity index (χ0v) is 33.2. The first-order chi connectivity index (χ1) is 30.7. The fraction of sp³-hybridized carbons (Fsp3) is 0. The van der Waals surface area contributed by atoms with E-state index in [-0.39, 0.29) is 0 Å². The number of furan rings is 2. The van der Waals surface area contributed by atoms with Gasteiger partial charge in [0, 0.05) is 56.2 Å². The molecule has 290 valence electrons.